The third-order valence-electron chi connectivity index (χ3n) is 6.23. The summed E-state index contributed by atoms with van der Waals surface area (Å²) in [7, 11) is 0. The molecule has 23 heavy (non-hydrogen) atoms. The van der Waals surface area contributed by atoms with Gasteiger partial charge in [-0.2, -0.15) is 0 Å². The number of nitrogens with zero attached hydrogens (tertiary/aromatic N) is 1. The van der Waals surface area contributed by atoms with Crippen LogP contribution in [0.2, 0.25) is 5.28 Å². The first-order valence-corrected chi connectivity index (χ1v) is 8.94. The fourth-order valence-electron chi connectivity index (χ4n) is 5.71. The summed E-state index contributed by atoms with van der Waals surface area (Å²) in [5.74, 6) is 2.56. The number of rotatable bonds is 2. The van der Waals surface area contributed by atoms with Gasteiger partial charge in [-0.3, -0.25) is 4.79 Å². The van der Waals surface area contributed by atoms with Gasteiger partial charge in [-0.05, 0) is 86.1 Å². The van der Waals surface area contributed by atoms with E-state index in [1.54, 1.807) is 0 Å². The Kier molecular flexibility index (Phi) is 2.85. The number of H-pyrrole nitrogens is 1. The minimum atomic E-state index is -0.116. The number of fused-ring (bicyclic) bond motifs is 1. The molecule has 0 atom stereocenters. The fraction of sp³-hybridized carbons (Fsp3) is 0.556. The number of nitrogens with one attached hydrogen (secondary N) is 2. The standard InChI is InChI=1S/C18H20ClN3O/c19-17-21-14-2-1-13(6-15(14)22-17)20-16(23)18-7-10-3-11(8-18)5-12(4-10)9-18/h1-2,6,10-12H,3-5,7-9H2,(H,20,23)(H,21,22). The highest BCUT2D eigenvalue weighted by Crippen LogP contribution is 2.60. The number of halogens is 1. The highest BCUT2D eigenvalue weighted by Gasteiger charge is 2.54. The molecule has 120 valence electrons. The van der Waals surface area contributed by atoms with E-state index in [-0.39, 0.29) is 11.3 Å². The van der Waals surface area contributed by atoms with E-state index in [4.69, 9.17) is 11.6 Å². The van der Waals surface area contributed by atoms with Gasteiger partial charge < -0.3 is 10.3 Å². The SMILES string of the molecule is O=C(Nc1ccc2nc(Cl)[nH]c2c1)C12CC3CC(CC(C3)C1)C2. The molecule has 4 aliphatic rings. The minimum Gasteiger partial charge on any atom is -0.329 e. The van der Waals surface area contributed by atoms with Crippen LogP contribution in [-0.4, -0.2) is 15.9 Å². The molecule has 4 aliphatic carbocycles. The quantitative estimate of drug-likeness (QED) is 0.859. The number of aromatic amines is 1. The van der Waals surface area contributed by atoms with Crippen molar-refractivity contribution in [3.8, 4) is 0 Å². The van der Waals surface area contributed by atoms with Crippen molar-refractivity contribution in [1.82, 2.24) is 9.97 Å². The van der Waals surface area contributed by atoms with Crippen LogP contribution in [0.1, 0.15) is 38.5 Å². The molecule has 1 heterocycles. The minimum absolute atomic E-state index is 0.116. The maximum absolute atomic E-state index is 13.0. The van der Waals surface area contributed by atoms with Gasteiger partial charge in [0.1, 0.15) is 0 Å². The summed E-state index contributed by atoms with van der Waals surface area (Å²) in [6.07, 6.45) is 7.32. The highest BCUT2D eigenvalue weighted by atomic mass is 35.5. The van der Waals surface area contributed by atoms with Crippen LogP contribution in [0.15, 0.2) is 18.2 Å². The molecular formula is C18H20ClN3O. The van der Waals surface area contributed by atoms with Gasteiger partial charge in [0.15, 0.2) is 0 Å². The van der Waals surface area contributed by atoms with Gasteiger partial charge in [0, 0.05) is 5.69 Å². The van der Waals surface area contributed by atoms with Crippen molar-refractivity contribution in [3.63, 3.8) is 0 Å². The summed E-state index contributed by atoms with van der Waals surface area (Å²) in [5, 5.41) is 3.55. The van der Waals surface area contributed by atoms with Crippen molar-refractivity contribution in [2.24, 2.45) is 23.2 Å². The van der Waals surface area contributed by atoms with Crippen LogP contribution >= 0.6 is 11.6 Å². The van der Waals surface area contributed by atoms with Gasteiger partial charge in [0.2, 0.25) is 11.2 Å². The van der Waals surface area contributed by atoms with Crippen molar-refractivity contribution in [3.05, 3.63) is 23.5 Å². The van der Waals surface area contributed by atoms with E-state index in [0.29, 0.717) is 5.28 Å². The van der Waals surface area contributed by atoms with Gasteiger partial charge in [0.25, 0.3) is 0 Å². The molecule has 2 aromatic rings. The van der Waals surface area contributed by atoms with E-state index in [9.17, 15) is 4.79 Å². The molecule has 5 heteroatoms. The van der Waals surface area contributed by atoms with Crippen LogP contribution < -0.4 is 5.32 Å². The Morgan fingerprint density at radius 3 is 2.48 bits per heavy atom. The molecule has 1 aromatic heterocycles. The summed E-state index contributed by atoms with van der Waals surface area (Å²) in [6, 6.07) is 5.73. The van der Waals surface area contributed by atoms with E-state index < -0.39 is 0 Å². The zero-order valence-electron chi connectivity index (χ0n) is 12.9. The average Bonchev–Trinajstić information content (AvgIpc) is 2.85. The van der Waals surface area contributed by atoms with Crippen LogP contribution in [0, 0.1) is 23.2 Å². The molecule has 0 radical (unpaired) electrons. The molecule has 0 saturated heterocycles. The number of hydrogen-bond donors (Lipinski definition) is 2. The van der Waals surface area contributed by atoms with Crippen LogP contribution in [0.5, 0.6) is 0 Å². The van der Waals surface area contributed by atoms with Crippen LogP contribution in [-0.2, 0) is 4.79 Å². The molecule has 0 aliphatic heterocycles. The Labute approximate surface area is 140 Å². The van der Waals surface area contributed by atoms with Gasteiger partial charge in [-0.25, -0.2) is 4.98 Å². The number of aromatic nitrogens is 2. The van der Waals surface area contributed by atoms with E-state index in [0.717, 1.165) is 53.7 Å². The second kappa shape index (κ2) is 4.73. The lowest BCUT2D eigenvalue weighted by atomic mass is 9.49. The van der Waals surface area contributed by atoms with Gasteiger partial charge in [-0.1, -0.05) is 0 Å². The maximum Gasteiger partial charge on any atom is 0.230 e. The van der Waals surface area contributed by atoms with E-state index >= 15 is 0 Å². The lowest BCUT2D eigenvalue weighted by Crippen LogP contribution is -2.51. The van der Waals surface area contributed by atoms with E-state index in [2.05, 4.69) is 15.3 Å². The lowest BCUT2D eigenvalue weighted by Gasteiger charge is -2.55. The van der Waals surface area contributed by atoms with Crippen molar-refractivity contribution in [1.29, 1.82) is 0 Å². The average molecular weight is 330 g/mol. The van der Waals surface area contributed by atoms with Crippen molar-refractivity contribution >= 4 is 34.2 Å². The number of imidazole rings is 1. The number of carbonyl (C=O) groups excluding carboxylic acids is 1. The zero-order valence-corrected chi connectivity index (χ0v) is 13.7. The summed E-state index contributed by atoms with van der Waals surface area (Å²) in [5.41, 5.74) is 2.40. The number of amides is 1. The maximum atomic E-state index is 13.0. The number of benzene rings is 1. The van der Waals surface area contributed by atoms with Crippen LogP contribution in [0.4, 0.5) is 5.69 Å². The second-order valence-electron chi connectivity index (χ2n) is 7.91. The predicted molar refractivity (Wildman–Crippen MR) is 90.3 cm³/mol. The largest absolute Gasteiger partial charge is 0.329 e. The molecule has 4 bridgehead atoms. The predicted octanol–water partition coefficient (Wildman–Crippen LogP) is 4.37. The van der Waals surface area contributed by atoms with Gasteiger partial charge >= 0.3 is 0 Å². The summed E-state index contributed by atoms with van der Waals surface area (Å²) in [4.78, 5) is 20.2. The van der Waals surface area contributed by atoms with E-state index in [1.807, 2.05) is 18.2 Å². The molecule has 1 amide bonds. The van der Waals surface area contributed by atoms with Crippen molar-refractivity contribution in [2.45, 2.75) is 38.5 Å². The molecule has 6 rings (SSSR count). The van der Waals surface area contributed by atoms with Crippen molar-refractivity contribution < 1.29 is 4.79 Å². The smallest absolute Gasteiger partial charge is 0.230 e. The summed E-state index contributed by atoms with van der Waals surface area (Å²) >= 11 is 5.90. The monoisotopic (exact) mass is 329 g/mol. The van der Waals surface area contributed by atoms with Gasteiger partial charge in [-0.15, -0.1) is 0 Å². The summed E-state index contributed by atoms with van der Waals surface area (Å²) in [6.45, 7) is 0. The Morgan fingerprint density at radius 1 is 1.17 bits per heavy atom. The first-order valence-electron chi connectivity index (χ1n) is 8.56. The third kappa shape index (κ3) is 2.18. The first kappa shape index (κ1) is 13.8. The van der Waals surface area contributed by atoms with Gasteiger partial charge in [0.05, 0.1) is 16.4 Å². The molecule has 0 spiro atoms. The number of carbonyl (C=O) groups is 1. The zero-order chi connectivity index (χ0) is 15.6. The van der Waals surface area contributed by atoms with Crippen molar-refractivity contribution in [2.75, 3.05) is 5.32 Å². The Morgan fingerprint density at radius 2 is 1.83 bits per heavy atom. The Hall–Kier alpha value is -1.55. The topological polar surface area (TPSA) is 57.8 Å². The molecule has 2 N–H and O–H groups in total. The van der Waals surface area contributed by atoms with Crippen LogP contribution in [0.3, 0.4) is 0 Å². The molecule has 0 unspecified atom stereocenters. The number of hydrogen-bond acceptors (Lipinski definition) is 2. The summed E-state index contributed by atoms with van der Waals surface area (Å²) < 4.78 is 0. The van der Waals surface area contributed by atoms with E-state index in [1.165, 1.54) is 19.3 Å². The molecule has 4 fully saturated rings. The second-order valence-corrected chi connectivity index (χ2v) is 8.27. The first-order chi connectivity index (χ1) is 11.1. The Balaban J connectivity index is 1.41. The highest BCUT2D eigenvalue weighted by molar-refractivity contribution is 6.29. The molecular weight excluding hydrogens is 310 g/mol. The molecule has 1 aromatic carbocycles. The third-order valence-corrected chi connectivity index (χ3v) is 6.41. The molecule has 4 nitrogen and oxygen atoms in total. The Bertz CT molecular complexity index is 761. The van der Waals surface area contributed by atoms with Crippen LogP contribution in [0.25, 0.3) is 11.0 Å². The molecule has 4 saturated carbocycles. The lowest BCUT2D eigenvalue weighted by molar-refractivity contribution is -0.140. The fourth-order valence-corrected chi connectivity index (χ4v) is 5.90. The normalized spacial score (nSPS) is 34.9. The number of anilines is 1.